The molecular weight excluding hydrogens is 546 g/mol. The highest BCUT2D eigenvalue weighted by atomic mass is 16.5. The zero-order valence-corrected chi connectivity index (χ0v) is 25.3. The van der Waals surface area contributed by atoms with E-state index in [0.29, 0.717) is 0 Å². The number of fused-ring (bicyclic) bond motifs is 7. The standard InChI is InChI=1S/C43H31NO/c1-43(2)36-23-21-31-13-9-10-16-34(31)42(36)35-26-39-41(27-37(35)43)45-40-24-22-32(25-38(40)44(39)33-14-7-4-8-15-33)30-19-17-29(18-20-30)28-11-5-3-6-12-28/h3-27H,1-2H3. The van der Waals surface area contributed by atoms with E-state index in [1.807, 2.05) is 0 Å². The number of nitrogens with zero attached hydrogens (tertiary/aromatic N) is 1. The number of anilines is 3. The van der Waals surface area contributed by atoms with Crippen LogP contribution < -0.4 is 9.64 Å². The molecule has 0 atom stereocenters. The molecule has 1 aliphatic heterocycles. The SMILES string of the molecule is CC1(C)c2cc3c(cc2-c2c1ccc1ccccc21)N(c1ccccc1)c1cc(-c2ccc(-c4ccccc4)cc2)ccc1O3. The van der Waals surface area contributed by atoms with Crippen molar-refractivity contribution in [3.63, 3.8) is 0 Å². The zero-order chi connectivity index (χ0) is 30.1. The molecule has 2 nitrogen and oxygen atoms in total. The number of rotatable bonds is 3. The lowest BCUT2D eigenvalue weighted by Gasteiger charge is -2.34. The molecule has 0 N–H and O–H groups in total. The van der Waals surface area contributed by atoms with Crippen molar-refractivity contribution < 1.29 is 4.74 Å². The molecule has 0 saturated carbocycles. The molecule has 214 valence electrons. The van der Waals surface area contributed by atoms with E-state index in [4.69, 9.17) is 4.74 Å². The van der Waals surface area contributed by atoms with Gasteiger partial charge >= 0.3 is 0 Å². The highest BCUT2D eigenvalue weighted by molar-refractivity contribution is 6.04. The molecule has 1 aliphatic carbocycles. The fourth-order valence-electron chi connectivity index (χ4n) is 7.32. The van der Waals surface area contributed by atoms with Gasteiger partial charge in [-0.15, -0.1) is 0 Å². The summed E-state index contributed by atoms with van der Waals surface area (Å²) in [6.07, 6.45) is 0. The van der Waals surface area contributed by atoms with Gasteiger partial charge in [-0.1, -0.05) is 129 Å². The van der Waals surface area contributed by atoms with Gasteiger partial charge < -0.3 is 9.64 Å². The second-order valence-electron chi connectivity index (χ2n) is 12.6. The second-order valence-corrected chi connectivity index (χ2v) is 12.6. The Morgan fingerprint density at radius 1 is 0.489 bits per heavy atom. The molecule has 7 aromatic carbocycles. The van der Waals surface area contributed by atoms with E-state index in [1.165, 1.54) is 49.7 Å². The minimum atomic E-state index is -0.138. The van der Waals surface area contributed by atoms with Gasteiger partial charge in [0.2, 0.25) is 0 Å². The fourth-order valence-corrected chi connectivity index (χ4v) is 7.32. The molecule has 0 unspecified atom stereocenters. The van der Waals surface area contributed by atoms with E-state index in [-0.39, 0.29) is 5.41 Å². The van der Waals surface area contributed by atoms with E-state index < -0.39 is 0 Å². The van der Waals surface area contributed by atoms with Crippen LogP contribution >= 0.6 is 0 Å². The first kappa shape index (κ1) is 25.9. The van der Waals surface area contributed by atoms with Gasteiger partial charge in [0.1, 0.15) is 0 Å². The van der Waals surface area contributed by atoms with Crippen molar-refractivity contribution in [2.24, 2.45) is 0 Å². The second kappa shape index (κ2) is 9.70. The fraction of sp³-hybridized carbons (Fsp3) is 0.0698. The molecule has 2 heteroatoms. The smallest absolute Gasteiger partial charge is 0.151 e. The third-order valence-corrected chi connectivity index (χ3v) is 9.64. The molecule has 0 saturated heterocycles. The number of para-hydroxylation sites is 1. The van der Waals surface area contributed by atoms with Crippen molar-refractivity contribution in [3.8, 4) is 44.9 Å². The Kier molecular flexibility index (Phi) is 5.58. The van der Waals surface area contributed by atoms with E-state index in [1.54, 1.807) is 0 Å². The predicted molar refractivity (Wildman–Crippen MR) is 187 cm³/mol. The first-order valence-corrected chi connectivity index (χ1v) is 15.6. The molecule has 0 amide bonds. The van der Waals surface area contributed by atoms with Gasteiger partial charge in [-0.25, -0.2) is 0 Å². The lowest BCUT2D eigenvalue weighted by molar-refractivity contribution is 0.475. The minimum absolute atomic E-state index is 0.138. The van der Waals surface area contributed by atoms with Gasteiger partial charge in [0, 0.05) is 11.1 Å². The largest absolute Gasteiger partial charge is 0.453 e. The summed E-state index contributed by atoms with van der Waals surface area (Å²) < 4.78 is 6.76. The monoisotopic (exact) mass is 577 g/mol. The Morgan fingerprint density at radius 3 is 1.89 bits per heavy atom. The summed E-state index contributed by atoms with van der Waals surface area (Å²) in [4.78, 5) is 2.37. The Hall–Kier alpha value is -5.60. The molecule has 7 aromatic rings. The molecule has 0 radical (unpaired) electrons. The van der Waals surface area contributed by atoms with Gasteiger partial charge in [-0.2, -0.15) is 0 Å². The first-order chi connectivity index (χ1) is 22.1. The van der Waals surface area contributed by atoms with E-state index in [2.05, 4.69) is 170 Å². The molecule has 2 aliphatic rings. The first-order valence-electron chi connectivity index (χ1n) is 15.6. The molecule has 0 bridgehead atoms. The van der Waals surface area contributed by atoms with Crippen LogP contribution in [0.1, 0.15) is 25.0 Å². The van der Waals surface area contributed by atoms with Crippen molar-refractivity contribution in [2.75, 3.05) is 4.90 Å². The summed E-state index contributed by atoms with van der Waals surface area (Å²) in [6.45, 7) is 4.67. The predicted octanol–water partition coefficient (Wildman–Crippen LogP) is 12.1. The highest BCUT2D eigenvalue weighted by Gasteiger charge is 2.39. The number of hydrogen-bond donors (Lipinski definition) is 0. The molecular formula is C43H31NO. The number of ether oxygens (including phenoxy) is 1. The van der Waals surface area contributed by atoms with Crippen LogP contribution in [0.2, 0.25) is 0 Å². The molecule has 9 rings (SSSR count). The van der Waals surface area contributed by atoms with Crippen LogP contribution in [0.3, 0.4) is 0 Å². The average Bonchev–Trinajstić information content (AvgIpc) is 3.32. The summed E-state index contributed by atoms with van der Waals surface area (Å²) >= 11 is 0. The van der Waals surface area contributed by atoms with E-state index in [9.17, 15) is 0 Å². The normalized spacial score (nSPS) is 13.9. The van der Waals surface area contributed by atoms with Gasteiger partial charge in [-0.05, 0) is 91.7 Å². The quantitative estimate of drug-likeness (QED) is 0.207. The van der Waals surface area contributed by atoms with Crippen LogP contribution in [0.15, 0.2) is 152 Å². The maximum Gasteiger partial charge on any atom is 0.151 e. The summed E-state index contributed by atoms with van der Waals surface area (Å²) in [5, 5.41) is 2.56. The highest BCUT2D eigenvalue weighted by Crippen LogP contribution is 2.58. The summed E-state index contributed by atoms with van der Waals surface area (Å²) in [7, 11) is 0. The maximum absolute atomic E-state index is 6.76. The maximum atomic E-state index is 6.76. The third-order valence-electron chi connectivity index (χ3n) is 9.64. The van der Waals surface area contributed by atoms with Gasteiger partial charge in [0.25, 0.3) is 0 Å². The third kappa shape index (κ3) is 3.96. The van der Waals surface area contributed by atoms with E-state index in [0.717, 1.165) is 34.1 Å². The average molecular weight is 578 g/mol. The number of benzene rings is 7. The Balaban J connectivity index is 1.21. The number of hydrogen-bond acceptors (Lipinski definition) is 2. The molecule has 1 heterocycles. The summed E-state index contributed by atoms with van der Waals surface area (Å²) in [6, 6.07) is 54.5. The molecule has 0 spiro atoms. The van der Waals surface area contributed by atoms with Crippen LogP contribution in [0.25, 0.3) is 44.2 Å². The Labute approximate surface area is 263 Å². The van der Waals surface area contributed by atoms with Crippen LogP contribution in [0.5, 0.6) is 11.5 Å². The summed E-state index contributed by atoms with van der Waals surface area (Å²) in [5.74, 6) is 1.74. The van der Waals surface area contributed by atoms with Crippen molar-refractivity contribution >= 4 is 27.8 Å². The van der Waals surface area contributed by atoms with Crippen molar-refractivity contribution in [1.82, 2.24) is 0 Å². The Morgan fingerprint density at radius 2 is 1.11 bits per heavy atom. The van der Waals surface area contributed by atoms with Crippen LogP contribution in [0, 0.1) is 0 Å². The topological polar surface area (TPSA) is 12.5 Å². The van der Waals surface area contributed by atoms with Gasteiger partial charge in [0.05, 0.1) is 11.4 Å². The molecule has 0 fully saturated rings. The van der Waals surface area contributed by atoms with Crippen LogP contribution in [-0.4, -0.2) is 0 Å². The zero-order valence-electron chi connectivity index (χ0n) is 25.3. The Bertz CT molecular complexity index is 2250. The van der Waals surface area contributed by atoms with Crippen molar-refractivity contribution in [2.45, 2.75) is 19.3 Å². The van der Waals surface area contributed by atoms with Gasteiger partial charge in [0.15, 0.2) is 11.5 Å². The van der Waals surface area contributed by atoms with Crippen molar-refractivity contribution in [3.05, 3.63) is 163 Å². The van der Waals surface area contributed by atoms with Crippen molar-refractivity contribution in [1.29, 1.82) is 0 Å². The van der Waals surface area contributed by atoms with Crippen LogP contribution in [0.4, 0.5) is 17.1 Å². The van der Waals surface area contributed by atoms with Gasteiger partial charge in [-0.3, -0.25) is 0 Å². The summed E-state index contributed by atoms with van der Waals surface area (Å²) in [5.41, 5.74) is 13.1. The molecule has 45 heavy (non-hydrogen) atoms. The lowest BCUT2D eigenvalue weighted by atomic mass is 9.82. The van der Waals surface area contributed by atoms with Crippen LogP contribution in [-0.2, 0) is 5.41 Å². The van der Waals surface area contributed by atoms with E-state index >= 15 is 0 Å². The molecule has 0 aromatic heterocycles. The minimum Gasteiger partial charge on any atom is -0.453 e. The lowest BCUT2D eigenvalue weighted by Crippen LogP contribution is -2.18.